The number of rotatable bonds is 1. The van der Waals surface area contributed by atoms with E-state index in [1.54, 1.807) is 0 Å². The Bertz CT molecular complexity index is 226. The largest absolute Gasteiger partial charge is 0.304 e. The molecule has 0 bridgehead atoms. The highest BCUT2D eigenvalue weighted by molar-refractivity contribution is 4.96. The van der Waals surface area contributed by atoms with Gasteiger partial charge in [0.1, 0.15) is 0 Å². The molecule has 0 heterocycles. The molecule has 0 unspecified atom stereocenters. The molecule has 2 fully saturated rings. The third-order valence-electron chi connectivity index (χ3n) is 5.80. The van der Waals surface area contributed by atoms with E-state index in [9.17, 15) is 0 Å². The lowest BCUT2D eigenvalue weighted by atomic mass is 9.60. The van der Waals surface area contributed by atoms with Crippen molar-refractivity contribution in [2.75, 3.05) is 14.1 Å². The molecule has 0 atom stereocenters. The van der Waals surface area contributed by atoms with E-state index in [0.717, 1.165) is 11.3 Å². The SMILES string of the molecule is CC1CCC2(CC1)CCC(C)(N(C)C)CC2. The molecule has 0 aliphatic heterocycles. The van der Waals surface area contributed by atoms with Crippen molar-refractivity contribution in [2.45, 2.75) is 70.8 Å². The van der Waals surface area contributed by atoms with Gasteiger partial charge < -0.3 is 4.90 Å². The molecule has 2 aliphatic carbocycles. The maximum absolute atomic E-state index is 2.45. The van der Waals surface area contributed by atoms with Crippen LogP contribution in [0.25, 0.3) is 0 Å². The van der Waals surface area contributed by atoms with Crippen LogP contribution in [-0.2, 0) is 0 Å². The van der Waals surface area contributed by atoms with Crippen molar-refractivity contribution < 1.29 is 0 Å². The van der Waals surface area contributed by atoms with E-state index in [1.165, 1.54) is 51.4 Å². The van der Waals surface area contributed by atoms with Crippen molar-refractivity contribution in [3.05, 3.63) is 0 Å². The lowest BCUT2D eigenvalue weighted by molar-refractivity contribution is 0.0207. The van der Waals surface area contributed by atoms with Crippen LogP contribution < -0.4 is 0 Å². The maximum Gasteiger partial charge on any atom is 0.0175 e. The molecular weight excluding hydrogens is 194 g/mol. The van der Waals surface area contributed by atoms with Gasteiger partial charge in [0.05, 0.1) is 0 Å². The molecule has 0 saturated heterocycles. The second kappa shape index (κ2) is 4.33. The van der Waals surface area contributed by atoms with Gasteiger partial charge in [0.2, 0.25) is 0 Å². The molecule has 2 saturated carbocycles. The van der Waals surface area contributed by atoms with Crippen LogP contribution in [0.15, 0.2) is 0 Å². The fourth-order valence-electron chi connectivity index (χ4n) is 3.64. The summed E-state index contributed by atoms with van der Waals surface area (Å²) in [5.74, 6) is 0.993. The topological polar surface area (TPSA) is 3.24 Å². The van der Waals surface area contributed by atoms with Gasteiger partial charge in [-0.15, -0.1) is 0 Å². The van der Waals surface area contributed by atoms with Gasteiger partial charge in [0, 0.05) is 5.54 Å². The third-order valence-corrected chi connectivity index (χ3v) is 5.80. The van der Waals surface area contributed by atoms with E-state index < -0.39 is 0 Å². The predicted octanol–water partition coefficient (Wildman–Crippen LogP) is 4.08. The lowest BCUT2D eigenvalue weighted by Crippen LogP contribution is -2.47. The molecule has 0 amide bonds. The predicted molar refractivity (Wildman–Crippen MR) is 70.6 cm³/mol. The zero-order valence-electron chi connectivity index (χ0n) is 11.7. The summed E-state index contributed by atoms with van der Waals surface area (Å²) in [4.78, 5) is 2.45. The summed E-state index contributed by atoms with van der Waals surface area (Å²) < 4.78 is 0. The van der Waals surface area contributed by atoms with Gasteiger partial charge in [-0.25, -0.2) is 0 Å². The Balaban J connectivity index is 1.94. The Kier molecular flexibility index (Phi) is 3.36. The van der Waals surface area contributed by atoms with Crippen molar-refractivity contribution >= 4 is 0 Å². The molecule has 0 radical (unpaired) electrons. The Morgan fingerprint density at radius 3 is 1.81 bits per heavy atom. The van der Waals surface area contributed by atoms with Crippen LogP contribution in [0.5, 0.6) is 0 Å². The van der Waals surface area contributed by atoms with Crippen LogP contribution in [0.1, 0.15) is 65.2 Å². The second-order valence-electron chi connectivity index (χ2n) is 7.07. The van der Waals surface area contributed by atoms with Gasteiger partial charge in [-0.05, 0) is 70.9 Å². The van der Waals surface area contributed by atoms with E-state index in [1.807, 2.05) is 0 Å². The summed E-state index contributed by atoms with van der Waals surface area (Å²) >= 11 is 0. The Morgan fingerprint density at radius 2 is 1.38 bits per heavy atom. The van der Waals surface area contributed by atoms with Crippen molar-refractivity contribution in [3.8, 4) is 0 Å². The van der Waals surface area contributed by atoms with Crippen LogP contribution in [0.4, 0.5) is 0 Å². The fourth-order valence-corrected chi connectivity index (χ4v) is 3.64. The minimum atomic E-state index is 0.480. The maximum atomic E-state index is 2.45. The molecule has 94 valence electrons. The molecule has 1 heteroatoms. The van der Waals surface area contributed by atoms with Gasteiger partial charge in [0.25, 0.3) is 0 Å². The van der Waals surface area contributed by atoms with E-state index in [2.05, 4.69) is 32.8 Å². The summed E-state index contributed by atoms with van der Waals surface area (Å²) in [6.07, 6.45) is 11.8. The summed E-state index contributed by atoms with van der Waals surface area (Å²) in [5.41, 5.74) is 1.23. The molecule has 2 rings (SSSR count). The first kappa shape index (κ1) is 12.4. The van der Waals surface area contributed by atoms with Gasteiger partial charge in [0.15, 0.2) is 0 Å². The zero-order chi connectivity index (χ0) is 11.8. The highest BCUT2D eigenvalue weighted by atomic mass is 15.1. The molecule has 0 aromatic rings. The van der Waals surface area contributed by atoms with Gasteiger partial charge in [-0.3, -0.25) is 0 Å². The quantitative estimate of drug-likeness (QED) is 0.647. The Morgan fingerprint density at radius 1 is 0.875 bits per heavy atom. The molecular formula is C15H29N. The summed E-state index contributed by atoms with van der Waals surface area (Å²) in [7, 11) is 4.50. The van der Waals surface area contributed by atoms with Crippen molar-refractivity contribution in [3.63, 3.8) is 0 Å². The average Bonchev–Trinajstić information content (AvgIpc) is 2.27. The second-order valence-corrected chi connectivity index (χ2v) is 7.07. The monoisotopic (exact) mass is 223 g/mol. The summed E-state index contributed by atoms with van der Waals surface area (Å²) in [5, 5.41) is 0. The molecule has 0 aromatic carbocycles. The van der Waals surface area contributed by atoms with E-state index in [0.29, 0.717) is 5.54 Å². The summed E-state index contributed by atoms with van der Waals surface area (Å²) in [6, 6.07) is 0. The van der Waals surface area contributed by atoms with E-state index in [4.69, 9.17) is 0 Å². The Labute approximate surface area is 102 Å². The molecule has 0 aromatic heterocycles. The molecule has 1 spiro atoms. The van der Waals surface area contributed by atoms with Crippen molar-refractivity contribution in [2.24, 2.45) is 11.3 Å². The van der Waals surface area contributed by atoms with Crippen molar-refractivity contribution in [1.82, 2.24) is 4.90 Å². The normalized spacial score (nSPS) is 45.2. The zero-order valence-corrected chi connectivity index (χ0v) is 11.7. The molecule has 1 nitrogen and oxygen atoms in total. The van der Waals surface area contributed by atoms with Gasteiger partial charge >= 0.3 is 0 Å². The van der Waals surface area contributed by atoms with E-state index >= 15 is 0 Å². The minimum Gasteiger partial charge on any atom is -0.304 e. The highest BCUT2D eigenvalue weighted by Crippen LogP contribution is 2.51. The standard InChI is InChI=1S/C15H29N/c1-13-5-7-15(8-6-13)11-9-14(2,10-12-15)16(3)4/h13H,5-12H2,1-4H3. The van der Waals surface area contributed by atoms with Crippen LogP contribution in [-0.4, -0.2) is 24.5 Å². The molecule has 0 N–H and O–H groups in total. The van der Waals surface area contributed by atoms with Crippen LogP contribution in [0, 0.1) is 11.3 Å². The lowest BCUT2D eigenvalue weighted by Gasteiger charge is -2.50. The van der Waals surface area contributed by atoms with Gasteiger partial charge in [-0.2, -0.15) is 0 Å². The Hall–Kier alpha value is -0.0400. The first-order valence-electron chi connectivity index (χ1n) is 7.13. The van der Waals surface area contributed by atoms with Crippen LogP contribution in [0.3, 0.4) is 0 Å². The number of hydrogen-bond acceptors (Lipinski definition) is 1. The number of hydrogen-bond donors (Lipinski definition) is 0. The molecule has 16 heavy (non-hydrogen) atoms. The van der Waals surface area contributed by atoms with Crippen LogP contribution in [0.2, 0.25) is 0 Å². The number of nitrogens with zero attached hydrogens (tertiary/aromatic N) is 1. The first-order valence-corrected chi connectivity index (χ1v) is 7.13. The van der Waals surface area contributed by atoms with Crippen LogP contribution >= 0.6 is 0 Å². The van der Waals surface area contributed by atoms with E-state index in [-0.39, 0.29) is 0 Å². The third kappa shape index (κ3) is 2.30. The molecule has 2 aliphatic rings. The average molecular weight is 223 g/mol. The smallest absolute Gasteiger partial charge is 0.0175 e. The van der Waals surface area contributed by atoms with Gasteiger partial charge in [-0.1, -0.05) is 19.8 Å². The minimum absolute atomic E-state index is 0.480. The fraction of sp³-hybridized carbons (Fsp3) is 1.00. The van der Waals surface area contributed by atoms with Crippen molar-refractivity contribution in [1.29, 1.82) is 0 Å². The highest BCUT2D eigenvalue weighted by Gasteiger charge is 2.42. The summed E-state index contributed by atoms with van der Waals surface area (Å²) in [6.45, 7) is 4.88. The first-order chi connectivity index (χ1) is 7.46.